The smallest absolute Gasteiger partial charge is 0.126 e. The Morgan fingerprint density at radius 2 is 2.06 bits per heavy atom. The summed E-state index contributed by atoms with van der Waals surface area (Å²) in [6.07, 6.45) is 0.891. The molecule has 0 spiro atoms. The Morgan fingerprint density at radius 3 is 2.62 bits per heavy atom. The fourth-order valence-corrected chi connectivity index (χ4v) is 2.29. The Morgan fingerprint density at radius 1 is 1.38 bits per heavy atom. The first kappa shape index (κ1) is 13.5. The van der Waals surface area contributed by atoms with Crippen molar-refractivity contribution < 1.29 is 9.13 Å². The Bertz CT molecular complexity index is 317. The lowest BCUT2D eigenvalue weighted by atomic mass is 9.86. The first-order valence-corrected chi connectivity index (χ1v) is 6.03. The summed E-state index contributed by atoms with van der Waals surface area (Å²) in [5.41, 5.74) is 0.709. The summed E-state index contributed by atoms with van der Waals surface area (Å²) in [5.74, 6) is 0.635. The summed E-state index contributed by atoms with van der Waals surface area (Å²) in [7, 11) is 1.67. The van der Waals surface area contributed by atoms with Crippen LogP contribution in [0.2, 0.25) is 0 Å². The second-order valence-electron chi connectivity index (χ2n) is 4.04. The first-order valence-electron chi connectivity index (χ1n) is 5.50. The van der Waals surface area contributed by atoms with Crippen molar-refractivity contribution in [1.82, 2.24) is 0 Å². The Balaban J connectivity index is 2.77. The van der Waals surface area contributed by atoms with Crippen molar-refractivity contribution >= 4 is 11.6 Å². The maximum Gasteiger partial charge on any atom is 0.126 e. The molecule has 0 aliphatic carbocycles. The summed E-state index contributed by atoms with van der Waals surface area (Å²) in [4.78, 5) is 0. The molecular weight excluding hydrogens is 227 g/mol. The molecule has 0 heterocycles. The molecule has 1 aromatic rings. The molecule has 0 N–H and O–H groups in total. The van der Waals surface area contributed by atoms with Crippen LogP contribution in [-0.2, 0) is 4.74 Å². The number of methoxy groups -OCH3 is 1. The molecule has 1 aromatic carbocycles. The van der Waals surface area contributed by atoms with E-state index in [0.717, 1.165) is 6.42 Å². The Hall–Kier alpha value is -0.600. The van der Waals surface area contributed by atoms with Gasteiger partial charge in [0.25, 0.3) is 0 Å². The van der Waals surface area contributed by atoms with Crippen molar-refractivity contribution in [2.75, 3.05) is 19.6 Å². The molecule has 0 fully saturated rings. The first-order chi connectivity index (χ1) is 7.70. The fourth-order valence-electron chi connectivity index (χ4n) is 1.82. The van der Waals surface area contributed by atoms with Crippen LogP contribution in [0.3, 0.4) is 0 Å². The third-order valence-corrected chi connectivity index (χ3v) is 3.27. The van der Waals surface area contributed by atoms with Gasteiger partial charge in [0, 0.05) is 25.5 Å². The van der Waals surface area contributed by atoms with Crippen LogP contribution in [0, 0.1) is 11.7 Å². The Labute approximate surface area is 102 Å². The van der Waals surface area contributed by atoms with Crippen LogP contribution >= 0.6 is 11.6 Å². The van der Waals surface area contributed by atoms with E-state index in [2.05, 4.69) is 6.92 Å². The van der Waals surface area contributed by atoms with Gasteiger partial charge in [-0.3, -0.25) is 0 Å². The maximum atomic E-state index is 13.6. The van der Waals surface area contributed by atoms with Crippen molar-refractivity contribution in [1.29, 1.82) is 0 Å². The van der Waals surface area contributed by atoms with Gasteiger partial charge in [-0.1, -0.05) is 25.1 Å². The van der Waals surface area contributed by atoms with Crippen molar-refractivity contribution in [3.8, 4) is 0 Å². The predicted molar refractivity (Wildman–Crippen MR) is 65.5 cm³/mol. The summed E-state index contributed by atoms with van der Waals surface area (Å²) >= 11 is 5.94. The number of hydrogen-bond acceptors (Lipinski definition) is 1. The lowest BCUT2D eigenvalue weighted by molar-refractivity contribution is 0.175. The molecule has 1 rings (SSSR count). The highest BCUT2D eigenvalue weighted by atomic mass is 35.5. The molecule has 0 aliphatic rings. The van der Waals surface area contributed by atoms with E-state index >= 15 is 0 Å². The van der Waals surface area contributed by atoms with E-state index in [-0.39, 0.29) is 11.7 Å². The van der Waals surface area contributed by atoms with Gasteiger partial charge in [0.1, 0.15) is 5.82 Å². The summed E-state index contributed by atoms with van der Waals surface area (Å²) in [6.45, 7) is 2.77. The molecule has 0 aliphatic heterocycles. The molecular formula is C13H18ClFO. The molecule has 2 atom stereocenters. The van der Waals surface area contributed by atoms with Gasteiger partial charge in [-0.05, 0) is 24.0 Å². The van der Waals surface area contributed by atoms with Crippen LogP contribution in [0.15, 0.2) is 24.3 Å². The standard InChI is InChI=1S/C13H18ClFO/c1-10(7-8-16-2)12(9-14)11-5-3-4-6-13(11)15/h3-6,10,12H,7-9H2,1-2H3. The van der Waals surface area contributed by atoms with Crippen molar-refractivity contribution in [2.24, 2.45) is 5.92 Å². The number of hydrogen-bond donors (Lipinski definition) is 0. The van der Waals surface area contributed by atoms with E-state index in [0.29, 0.717) is 24.0 Å². The highest BCUT2D eigenvalue weighted by Crippen LogP contribution is 2.29. The van der Waals surface area contributed by atoms with Crippen LogP contribution < -0.4 is 0 Å². The summed E-state index contributed by atoms with van der Waals surface area (Å²) in [6, 6.07) is 6.84. The zero-order valence-electron chi connectivity index (χ0n) is 9.75. The van der Waals surface area contributed by atoms with Gasteiger partial charge in [-0.15, -0.1) is 11.6 Å². The Kier molecular flexibility index (Phi) is 5.78. The van der Waals surface area contributed by atoms with E-state index in [1.807, 2.05) is 12.1 Å². The third kappa shape index (κ3) is 3.46. The van der Waals surface area contributed by atoms with E-state index in [9.17, 15) is 4.39 Å². The topological polar surface area (TPSA) is 9.23 Å². The second kappa shape index (κ2) is 6.87. The van der Waals surface area contributed by atoms with Gasteiger partial charge in [-0.25, -0.2) is 4.39 Å². The van der Waals surface area contributed by atoms with Crippen LogP contribution in [-0.4, -0.2) is 19.6 Å². The number of alkyl halides is 1. The molecule has 0 bridgehead atoms. The maximum absolute atomic E-state index is 13.6. The van der Waals surface area contributed by atoms with Crippen LogP contribution in [0.4, 0.5) is 4.39 Å². The average molecular weight is 245 g/mol. The molecule has 16 heavy (non-hydrogen) atoms. The van der Waals surface area contributed by atoms with Crippen molar-refractivity contribution in [3.63, 3.8) is 0 Å². The number of ether oxygens (including phenoxy) is 1. The molecule has 2 unspecified atom stereocenters. The van der Waals surface area contributed by atoms with E-state index in [1.165, 1.54) is 6.07 Å². The molecule has 3 heteroatoms. The quantitative estimate of drug-likeness (QED) is 0.692. The minimum Gasteiger partial charge on any atom is -0.385 e. The molecule has 0 saturated carbocycles. The fraction of sp³-hybridized carbons (Fsp3) is 0.538. The van der Waals surface area contributed by atoms with Gasteiger partial charge >= 0.3 is 0 Å². The third-order valence-electron chi connectivity index (χ3n) is 2.94. The van der Waals surface area contributed by atoms with Crippen LogP contribution in [0.25, 0.3) is 0 Å². The highest BCUT2D eigenvalue weighted by Gasteiger charge is 2.20. The highest BCUT2D eigenvalue weighted by molar-refractivity contribution is 6.18. The molecule has 0 radical (unpaired) electrons. The van der Waals surface area contributed by atoms with Crippen LogP contribution in [0.1, 0.15) is 24.8 Å². The summed E-state index contributed by atoms with van der Waals surface area (Å²) < 4.78 is 18.7. The lowest BCUT2D eigenvalue weighted by Crippen LogP contribution is -2.15. The zero-order valence-corrected chi connectivity index (χ0v) is 10.5. The largest absolute Gasteiger partial charge is 0.385 e. The molecule has 0 aromatic heterocycles. The summed E-state index contributed by atoms with van der Waals surface area (Å²) in [5, 5.41) is 0. The van der Waals surface area contributed by atoms with Gasteiger partial charge in [0.15, 0.2) is 0 Å². The second-order valence-corrected chi connectivity index (χ2v) is 4.35. The van der Waals surface area contributed by atoms with Gasteiger partial charge < -0.3 is 4.74 Å². The monoisotopic (exact) mass is 244 g/mol. The number of halogens is 2. The van der Waals surface area contributed by atoms with Crippen molar-refractivity contribution in [2.45, 2.75) is 19.3 Å². The van der Waals surface area contributed by atoms with Gasteiger partial charge in [-0.2, -0.15) is 0 Å². The van der Waals surface area contributed by atoms with E-state index in [1.54, 1.807) is 13.2 Å². The predicted octanol–water partition coefficient (Wildman–Crippen LogP) is 3.82. The minimum absolute atomic E-state index is 0.0537. The SMILES string of the molecule is COCCC(C)C(CCl)c1ccccc1F. The molecule has 0 saturated heterocycles. The molecule has 1 nitrogen and oxygen atoms in total. The number of benzene rings is 1. The minimum atomic E-state index is -0.169. The molecule has 0 amide bonds. The lowest BCUT2D eigenvalue weighted by Gasteiger charge is -2.22. The van der Waals surface area contributed by atoms with Crippen LogP contribution in [0.5, 0.6) is 0 Å². The average Bonchev–Trinajstić information content (AvgIpc) is 2.30. The number of rotatable bonds is 6. The zero-order chi connectivity index (χ0) is 12.0. The van der Waals surface area contributed by atoms with Gasteiger partial charge in [0.2, 0.25) is 0 Å². The van der Waals surface area contributed by atoms with Gasteiger partial charge in [0.05, 0.1) is 0 Å². The van der Waals surface area contributed by atoms with E-state index < -0.39 is 0 Å². The molecule has 90 valence electrons. The normalized spacial score (nSPS) is 14.8. The van der Waals surface area contributed by atoms with Crippen molar-refractivity contribution in [3.05, 3.63) is 35.6 Å². The van der Waals surface area contributed by atoms with E-state index in [4.69, 9.17) is 16.3 Å².